The molecule has 0 aliphatic heterocycles. The van der Waals surface area contributed by atoms with Crippen molar-refractivity contribution in [3.8, 4) is 0 Å². The summed E-state index contributed by atoms with van der Waals surface area (Å²) in [6.45, 7) is 11.9. The first-order chi connectivity index (χ1) is 15.3. The molecule has 0 heterocycles. The summed E-state index contributed by atoms with van der Waals surface area (Å²) in [5.41, 5.74) is 9.11. The Labute approximate surface area is 198 Å². The van der Waals surface area contributed by atoms with Gasteiger partial charge < -0.3 is 0 Å². The molecule has 2 fully saturated rings. The quantitative estimate of drug-likeness (QED) is 0.430. The molecule has 2 aliphatic carbocycles. The van der Waals surface area contributed by atoms with Crippen molar-refractivity contribution in [3.63, 3.8) is 0 Å². The van der Waals surface area contributed by atoms with Gasteiger partial charge in [-0.2, -0.15) is 0 Å². The summed E-state index contributed by atoms with van der Waals surface area (Å²) in [6, 6.07) is 17.6. The molecule has 0 saturated heterocycles. The molecule has 0 bridgehead atoms. The molecule has 4 rings (SSSR count). The van der Waals surface area contributed by atoms with Crippen molar-refractivity contribution in [2.24, 2.45) is 0 Å². The van der Waals surface area contributed by atoms with E-state index in [2.05, 4.69) is 71.0 Å². The monoisotopic (exact) mass is 428 g/mol. The summed E-state index contributed by atoms with van der Waals surface area (Å²) < 4.78 is 0. The highest BCUT2D eigenvalue weighted by Gasteiger charge is 2.32. The van der Waals surface area contributed by atoms with Gasteiger partial charge >= 0.3 is 0 Å². The maximum Gasteiger partial charge on any atom is 0.0102 e. The minimum absolute atomic E-state index is 0.298. The minimum atomic E-state index is 0.298. The highest BCUT2D eigenvalue weighted by atomic mass is 14.4. The summed E-state index contributed by atoms with van der Waals surface area (Å²) in [7, 11) is 0. The van der Waals surface area contributed by atoms with E-state index in [4.69, 9.17) is 0 Å². The number of benzene rings is 2. The van der Waals surface area contributed by atoms with Crippen molar-refractivity contribution >= 4 is 0 Å². The van der Waals surface area contributed by atoms with Crippen molar-refractivity contribution in [2.45, 2.75) is 128 Å². The second-order valence-electron chi connectivity index (χ2n) is 11.6. The Morgan fingerprint density at radius 3 is 1.47 bits per heavy atom. The third kappa shape index (κ3) is 5.00. The third-order valence-electron chi connectivity index (χ3n) is 8.61. The predicted molar refractivity (Wildman–Crippen MR) is 138 cm³/mol. The van der Waals surface area contributed by atoms with Gasteiger partial charge in [0.05, 0.1) is 0 Å². The first kappa shape index (κ1) is 23.6. The number of hydrogen-bond acceptors (Lipinski definition) is 0. The minimum Gasteiger partial charge on any atom is -0.0653 e. The summed E-state index contributed by atoms with van der Waals surface area (Å²) in [5, 5.41) is 0. The van der Waals surface area contributed by atoms with Crippen molar-refractivity contribution in [2.75, 3.05) is 0 Å². The SMILES string of the molecule is CCCC(c1[c]c(C2(C)CCCCC2)cc(C)c1)c1[c]c(C2(C)CCCCC2)cc(C)c1. The zero-order valence-corrected chi connectivity index (χ0v) is 21.4. The molecule has 172 valence electrons. The van der Waals surface area contributed by atoms with Gasteiger partial charge in [-0.05, 0) is 91.2 Å². The molecule has 0 amide bonds. The lowest BCUT2D eigenvalue weighted by molar-refractivity contribution is 0.318. The molecule has 0 unspecified atom stereocenters. The van der Waals surface area contributed by atoms with Gasteiger partial charge in [0, 0.05) is 5.92 Å². The zero-order valence-electron chi connectivity index (χ0n) is 21.4. The molecule has 0 heteroatoms. The van der Waals surface area contributed by atoms with E-state index >= 15 is 0 Å². The first-order valence-electron chi connectivity index (χ1n) is 13.4. The highest BCUT2D eigenvalue weighted by molar-refractivity contribution is 5.42. The molecular weight excluding hydrogens is 384 g/mol. The van der Waals surface area contributed by atoms with E-state index in [9.17, 15) is 0 Å². The number of aryl methyl sites for hydroxylation is 2. The molecule has 2 saturated carbocycles. The normalized spacial score (nSPS) is 20.4. The Hall–Kier alpha value is -1.56. The summed E-state index contributed by atoms with van der Waals surface area (Å²) in [6.07, 6.45) is 15.8. The van der Waals surface area contributed by atoms with E-state index in [0.29, 0.717) is 16.7 Å². The molecule has 2 aliphatic rings. The average molecular weight is 429 g/mol. The molecule has 2 aromatic carbocycles. The van der Waals surface area contributed by atoms with Crippen LogP contribution in [-0.2, 0) is 10.8 Å². The molecule has 0 nitrogen and oxygen atoms in total. The summed E-state index contributed by atoms with van der Waals surface area (Å²) in [5.74, 6) is 0.400. The Morgan fingerprint density at radius 1 is 0.688 bits per heavy atom. The molecule has 32 heavy (non-hydrogen) atoms. The van der Waals surface area contributed by atoms with Crippen molar-refractivity contribution < 1.29 is 0 Å². The van der Waals surface area contributed by atoms with Crippen LogP contribution in [0.15, 0.2) is 24.3 Å². The van der Waals surface area contributed by atoms with Crippen LogP contribution in [-0.4, -0.2) is 0 Å². The predicted octanol–water partition coefficient (Wildman–Crippen LogP) is 9.28. The van der Waals surface area contributed by atoms with Crippen LogP contribution in [0.2, 0.25) is 0 Å². The summed E-state index contributed by atoms with van der Waals surface area (Å²) in [4.78, 5) is 0. The first-order valence-corrected chi connectivity index (χ1v) is 13.4. The van der Waals surface area contributed by atoms with Crippen LogP contribution in [0.5, 0.6) is 0 Å². The standard InChI is InChI=1S/C32H44/c1-6-13-30(26-18-24(2)20-28(22-26)31(4)14-9-7-10-15-31)27-19-25(3)21-29(23-27)32(5)16-11-8-12-17-32/h18-21,30H,6-17H2,1-5H3. The largest absolute Gasteiger partial charge is 0.0653 e. The fourth-order valence-electron chi connectivity index (χ4n) is 6.48. The van der Waals surface area contributed by atoms with Crippen LogP contribution < -0.4 is 0 Å². The maximum atomic E-state index is 3.99. The molecule has 0 aromatic heterocycles. The van der Waals surface area contributed by atoms with Crippen LogP contribution in [0.25, 0.3) is 0 Å². The molecule has 0 atom stereocenters. The average Bonchev–Trinajstić information content (AvgIpc) is 2.77. The zero-order chi connectivity index (χ0) is 22.8. The van der Waals surface area contributed by atoms with E-state index in [1.807, 2.05) is 0 Å². The van der Waals surface area contributed by atoms with Gasteiger partial charge in [-0.1, -0.05) is 101 Å². The second kappa shape index (κ2) is 9.74. The highest BCUT2D eigenvalue weighted by Crippen LogP contribution is 2.43. The Balaban J connectivity index is 1.74. The molecule has 2 radical (unpaired) electrons. The third-order valence-corrected chi connectivity index (χ3v) is 8.61. The van der Waals surface area contributed by atoms with Gasteiger partial charge in [0.2, 0.25) is 0 Å². The molecule has 2 aromatic rings. The second-order valence-corrected chi connectivity index (χ2v) is 11.6. The fraction of sp³-hybridized carbons (Fsp3) is 0.625. The van der Waals surface area contributed by atoms with Crippen LogP contribution >= 0.6 is 0 Å². The van der Waals surface area contributed by atoms with Gasteiger partial charge in [0.1, 0.15) is 0 Å². The van der Waals surface area contributed by atoms with E-state index in [1.54, 1.807) is 0 Å². The van der Waals surface area contributed by atoms with Gasteiger partial charge in [-0.25, -0.2) is 0 Å². The molecular formula is C32H44. The number of rotatable bonds is 6. The fourth-order valence-corrected chi connectivity index (χ4v) is 6.48. The van der Waals surface area contributed by atoms with E-state index in [1.165, 1.54) is 110 Å². The maximum absolute atomic E-state index is 3.99. The van der Waals surface area contributed by atoms with Gasteiger partial charge in [-0.3, -0.25) is 0 Å². The Morgan fingerprint density at radius 2 is 1.09 bits per heavy atom. The van der Waals surface area contributed by atoms with Crippen molar-refractivity contribution in [3.05, 3.63) is 69.8 Å². The van der Waals surface area contributed by atoms with Crippen LogP contribution in [0.4, 0.5) is 0 Å². The molecule has 0 N–H and O–H groups in total. The van der Waals surface area contributed by atoms with Gasteiger partial charge in [0.15, 0.2) is 0 Å². The molecule has 0 spiro atoms. The Bertz CT molecular complexity index is 832. The van der Waals surface area contributed by atoms with Crippen molar-refractivity contribution in [1.82, 2.24) is 0 Å². The lowest BCUT2D eigenvalue weighted by Gasteiger charge is -2.36. The van der Waals surface area contributed by atoms with Gasteiger partial charge in [-0.15, -0.1) is 0 Å². The topological polar surface area (TPSA) is 0 Å². The van der Waals surface area contributed by atoms with E-state index in [0.717, 1.165) is 0 Å². The van der Waals surface area contributed by atoms with E-state index < -0.39 is 0 Å². The smallest absolute Gasteiger partial charge is 0.0102 e. The lowest BCUT2D eigenvalue weighted by atomic mass is 9.69. The van der Waals surface area contributed by atoms with Crippen LogP contribution in [0.1, 0.15) is 137 Å². The van der Waals surface area contributed by atoms with Crippen molar-refractivity contribution in [1.29, 1.82) is 0 Å². The lowest BCUT2D eigenvalue weighted by Crippen LogP contribution is -2.26. The summed E-state index contributed by atoms with van der Waals surface area (Å²) >= 11 is 0. The Kier molecular flexibility index (Phi) is 7.18. The van der Waals surface area contributed by atoms with Crippen LogP contribution in [0, 0.1) is 26.0 Å². The van der Waals surface area contributed by atoms with Crippen LogP contribution in [0.3, 0.4) is 0 Å². The number of hydrogen-bond donors (Lipinski definition) is 0. The van der Waals surface area contributed by atoms with Gasteiger partial charge in [0.25, 0.3) is 0 Å². The van der Waals surface area contributed by atoms with E-state index in [-0.39, 0.29) is 0 Å².